The van der Waals surface area contributed by atoms with Crippen LogP contribution in [0, 0.1) is 13.8 Å². The number of amides is 1. The molecule has 0 heterocycles. The molecule has 2 N–H and O–H groups in total. The monoisotopic (exact) mass is 318 g/mol. The summed E-state index contributed by atoms with van der Waals surface area (Å²) in [6.45, 7) is 4.00. The average molecular weight is 319 g/mol. The summed E-state index contributed by atoms with van der Waals surface area (Å²) in [5, 5.41) is 0. The molecule has 0 atom stereocenters. The lowest BCUT2D eigenvalue weighted by Gasteiger charge is -2.14. The molecule has 0 aliphatic heterocycles. The van der Waals surface area contributed by atoms with Crippen LogP contribution in [0.15, 0.2) is 46.9 Å². The molecule has 0 aliphatic rings. The number of carbonyl (C=O) groups is 1. The Labute approximate surface area is 121 Å². The number of hydrazine groups is 1. The Hall–Kier alpha value is -1.81. The smallest absolute Gasteiger partial charge is 0.270 e. The van der Waals surface area contributed by atoms with E-state index in [0.717, 1.165) is 21.3 Å². The van der Waals surface area contributed by atoms with Crippen molar-refractivity contribution in [2.75, 3.05) is 5.43 Å². The van der Waals surface area contributed by atoms with E-state index >= 15 is 0 Å². The van der Waals surface area contributed by atoms with Crippen molar-refractivity contribution in [1.82, 2.24) is 5.43 Å². The highest BCUT2D eigenvalue weighted by Crippen LogP contribution is 2.19. The quantitative estimate of drug-likeness (QED) is 0.845. The molecular weight excluding hydrogens is 304 g/mol. The van der Waals surface area contributed by atoms with Crippen molar-refractivity contribution in [3.8, 4) is 0 Å². The van der Waals surface area contributed by atoms with Crippen LogP contribution in [-0.2, 0) is 0 Å². The van der Waals surface area contributed by atoms with Crippen molar-refractivity contribution in [3.63, 3.8) is 0 Å². The van der Waals surface area contributed by atoms with E-state index in [9.17, 15) is 4.79 Å². The van der Waals surface area contributed by atoms with E-state index in [0.29, 0.717) is 5.56 Å². The van der Waals surface area contributed by atoms with E-state index in [1.807, 2.05) is 50.2 Å². The molecule has 0 radical (unpaired) electrons. The first-order chi connectivity index (χ1) is 9.09. The van der Waals surface area contributed by atoms with Crippen molar-refractivity contribution in [2.24, 2.45) is 0 Å². The zero-order valence-corrected chi connectivity index (χ0v) is 12.4. The van der Waals surface area contributed by atoms with Gasteiger partial charge in [0.25, 0.3) is 5.91 Å². The van der Waals surface area contributed by atoms with Crippen LogP contribution in [0.2, 0.25) is 0 Å². The number of benzene rings is 2. The summed E-state index contributed by atoms with van der Waals surface area (Å²) in [4.78, 5) is 12.1. The highest BCUT2D eigenvalue weighted by Gasteiger charge is 2.09. The molecule has 2 aromatic rings. The van der Waals surface area contributed by atoms with Gasteiger partial charge in [-0.15, -0.1) is 0 Å². The Morgan fingerprint density at radius 2 is 1.63 bits per heavy atom. The molecular formula is C15H15BrN2O. The Kier molecular flexibility index (Phi) is 4.22. The molecule has 0 bridgehead atoms. The van der Waals surface area contributed by atoms with Crippen molar-refractivity contribution < 1.29 is 4.79 Å². The zero-order chi connectivity index (χ0) is 13.8. The van der Waals surface area contributed by atoms with E-state index in [-0.39, 0.29) is 5.91 Å². The first-order valence-corrected chi connectivity index (χ1v) is 6.76. The largest absolute Gasteiger partial charge is 0.298 e. The number of nitrogens with one attached hydrogen (secondary N) is 2. The van der Waals surface area contributed by atoms with Crippen LogP contribution in [0.3, 0.4) is 0 Å². The van der Waals surface area contributed by atoms with Gasteiger partial charge in [-0.25, -0.2) is 0 Å². The third-order valence-electron chi connectivity index (χ3n) is 2.90. The Morgan fingerprint density at radius 1 is 1.00 bits per heavy atom. The molecule has 0 aliphatic carbocycles. The Morgan fingerprint density at radius 3 is 2.26 bits per heavy atom. The Bertz CT molecular complexity index is 591. The van der Waals surface area contributed by atoms with Crippen LogP contribution in [0.1, 0.15) is 21.5 Å². The minimum atomic E-state index is -0.171. The molecule has 0 fully saturated rings. The van der Waals surface area contributed by atoms with Gasteiger partial charge in [-0.1, -0.05) is 30.3 Å². The second-order valence-corrected chi connectivity index (χ2v) is 5.18. The van der Waals surface area contributed by atoms with Gasteiger partial charge >= 0.3 is 0 Å². The second-order valence-electron chi connectivity index (χ2n) is 4.33. The summed E-state index contributed by atoms with van der Waals surface area (Å²) in [5.41, 5.74) is 9.42. The van der Waals surface area contributed by atoms with Crippen LogP contribution in [0.25, 0.3) is 0 Å². The van der Waals surface area contributed by atoms with Gasteiger partial charge in [0.05, 0.1) is 11.3 Å². The molecule has 98 valence electrons. The molecule has 0 spiro atoms. The maximum atomic E-state index is 12.1. The van der Waals surface area contributed by atoms with Gasteiger partial charge in [0.1, 0.15) is 0 Å². The van der Waals surface area contributed by atoms with E-state index in [1.54, 1.807) is 6.07 Å². The third kappa shape index (κ3) is 3.15. The van der Waals surface area contributed by atoms with Crippen LogP contribution < -0.4 is 10.9 Å². The molecule has 0 saturated carbocycles. The van der Waals surface area contributed by atoms with E-state index in [4.69, 9.17) is 0 Å². The van der Waals surface area contributed by atoms with Gasteiger partial charge in [-0.05, 0) is 53.0 Å². The summed E-state index contributed by atoms with van der Waals surface area (Å²) in [5.74, 6) is -0.171. The summed E-state index contributed by atoms with van der Waals surface area (Å²) >= 11 is 3.36. The van der Waals surface area contributed by atoms with Gasteiger partial charge in [-0.2, -0.15) is 0 Å². The lowest BCUT2D eigenvalue weighted by atomic mass is 10.1. The number of aryl methyl sites for hydroxylation is 2. The van der Waals surface area contributed by atoms with Crippen LogP contribution in [0.5, 0.6) is 0 Å². The van der Waals surface area contributed by atoms with Gasteiger partial charge in [-0.3, -0.25) is 15.6 Å². The van der Waals surface area contributed by atoms with Gasteiger partial charge in [0, 0.05) is 4.47 Å². The fourth-order valence-electron chi connectivity index (χ4n) is 1.84. The van der Waals surface area contributed by atoms with Gasteiger partial charge < -0.3 is 0 Å². The minimum Gasteiger partial charge on any atom is -0.298 e. The fraction of sp³-hybridized carbons (Fsp3) is 0.133. The highest BCUT2D eigenvalue weighted by atomic mass is 79.9. The average Bonchev–Trinajstić information content (AvgIpc) is 2.38. The van der Waals surface area contributed by atoms with Crippen LogP contribution in [-0.4, -0.2) is 5.91 Å². The lowest BCUT2D eigenvalue weighted by molar-refractivity contribution is 0.0962. The molecule has 4 heteroatoms. The minimum absolute atomic E-state index is 0.171. The maximum absolute atomic E-state index is 12.1. The third-order valence-corrected chi connectivity index (χ3v) is 3.59. The number of para-hydroxylation sites is 1. The standard InChI is InChI=1S/C15H15BrN2O/c1-10-6-5-7-11(2)14(10)17-18-15(19)12-8-3-4-9-13(12)16/h3-9,17H,1-2H3,(H,18,19). The molecule has 1 amide bonds. The summed E-state index contributed by atoms with van der Waals surface area (Å²) in [7, 11) is 0. The molecule has 3 nitrogen and oxygen atoms in total. The molecule has 19 heavy (non-hydrogen) atoms. The first-order valence-electron chi connectivity index (χ1n) is 5.96. The maximum Gasteiger partial charge on any atom is 0.270 e. The summed E-state index contributed by atoms with van der Waals surface area (Å²) in [6.07, 6.45) is 0. The van der Waals surface area contributed by atoms with E-state index < -0.39 is 0 Å². The molecule has 0 saturated heterocycles. The number of halogens is 1. The topological polar surface area (TPSA) is 41.1 Å². The predicted molar refractivity (Wildman–Crippen MR) is 81.1 cm³/mol. The number of hydrogen-bond acceptors (Lipinski definition) is 2. The normalized spacial score (nSPS) is 10.1. The highest BCUT2D eigenvalue weighted by molar-refractivity contribution is 9.10. The van der Waals surface area contributed by atoms with Crippen LogP contribution >= 0.6 is 15.9 Å². The first kappa shape index (κ1) is 13.6. The lowest BCUT2D eigenvalue weighted by Crippen LogP contribution is -2.30. The molecule has 2 aromatic carbocycles. The zero-order valence-electron chi connectivity index (χ0n) is 10.8. The Balaban J connectivity index is 2.11. The summed E-state index contributed by atoms with van der Waals surface area (Å²) in [6, 6.07) is 13.3. The molecule has 0 aromatic heterocycles. The van der Waals surface area contributed by atoms with E-state index in [2.05, 4.69) is 26.8 Å². The van der Waals surface area contributed by atoms with Crippen molar-refractivity contribution >= 4 is 27.5 Å². The number of hydrogen-bond donors (Lipinski definition) is 2. The van der Waals surface area contributed by atoms with Crippen LogP contribution in [0.4, 0.5) is 5.69 Å². The van der Waals surface area contributed by atoms with Gasteiger partial charge in [0.15, 0.2) is 0 Å². The predicted octanol–water partition coefficient (Wildman–Crippen LogP) is 3.82. The molecule has 0 unspecified atom stereocenters. The molecule has 2 rings (SSSR count). The van der Waals surface area contributed by atoms with Crippen molar-refractivity contribution in [1.29, 1.82) is 0 Å². The van der Waals surface area contributed by atoms with Crippen molar-refractivity contribution in [3.05, 3.63) is 63.6 Å². The number of rotatable bonds is 3. The number of anilines is 1. The van der Waals surface area contributed by atoms with Gasteiger partial charge in [0.2, 0.25) is 0 Å². The summed E-state index contributed by atoms with van der Waals surface area (Å²) < 4.78 is 0.774. The van der Waals surface area contributed by atoms with Crippen molar-refractivity contribution in [2.45, 2.75) is 13.8 Å². The fourth-order valence-corrected chi connectivity index (χ4v) is 2.31. The second kappa shape index (κ2) is 5.89. The SMILES string of the molecule is Cc1cccc(C)c1NNC(=O)c1ccccc1Br. The van der Waals surface area contributed by atoms with E-state index in [1.165, 1.54) is 0 Å². The number of carbonyl (C=O) groups excluding carboxylic acids is 1.